The van der Waals surface area contributed by atoms with Gasteiger partial charge in [0.1, 0.15) is 11.6 Å². The number of fused-ring (bicyclic) bond motifs is 1. The minimum Gasteiger partial charge on any atom is -0.484 e. The first-order chi connectivity index (χ1) is 11.2. The Morgan fingerprint density at radius 3 is 3.13 bits per heavy atom. The number of amides is 1. The van der Waals surface area contributed by atoms with Gasteiger partial charge in [-0.1, -0.05) is 19.1 Å². The smallest absolute Gasteiger partial charge is 0.258 e. The van der Waals surface area contributed by atoms with Gasteiger partial charge in [-0.2, -0.15) is 0 Å². The monoisotopic (exact) mass is 314 g/mol. The van der Waals surface area contributed by atoms with Crippen LogP contribution in [-0.2, 0) is 24.2 Å². The summed E-state index contributed by atoms with van der Waals surface area (Å²) in [4.78, 5) is 12.1. The molecule has 1 amide bonds. The fraction of sp³-hybridized carbons (Fsp3) is 0.471. The number of hydrogen-bond acceptors (Lipinski definition) is 4. The lowest BCUT2D eigenvalue weighted by atomic mass is 10.2. The topological polar surface area (TPSA) is 69.0 Å². The van der Waals surface area contributed by atoms with E-state index in [4.69, 9.17) is 4.74 Å². The van der Waals surface area contributed by atoms with Gasteiger partial charge in [-0.3, -0.25) is 4.79 Å². The van der Waals surface area contributed by atoms with Crippen LogP contribution >= 0.6 is 0 Å². The maximum absolute atomic E-state index is 12.1. The van der Waals surface area contributed by atoms with Crippen molar-refractivity contribution in [2.45, 2.75) is 45.7 Å². The number of carbonyl (C=O) groups is 1. The third kappa shape index (κ3) is 3.52. The van der Waals surface area contributed by atoms with E-state index in [0.717, 1.165) is 43.2 Å². The van der Waals surface area contributed by atoms with E-state index in [0.29, 0.717) is 0 Å². The molecule has 0 unspecified atom stereocenters. The Hall–Kier alpha value is -2.37. The first-order valence-electron chi connectivity index (χ1n) is 8.10. The van der Waals surface area contributed by atoms with Crippen LogP contribution in [-0.4, -0.2) is 27.3 Å². The van der Waals surface area contributed by atoms with Crippen molar-refractivity contribution in [2.24, 2.45) is 0 Å². The molecule has 0 radical (unpaired) electrons. The number of nitrogens with zero attached hydrogens (tertiary/aromatic N) is 3. The van der Waals surface area contributed by atoms with Crippen molar-refractivity contribution in [2.75, 3.05) is 6.61 Å². The highest BCUT2D eigenvalue weighted by Crippen LogP contribution is 2.19. The van der Waals surface area contributed by atoms with Gasteiger partial charge in [0.2, 0.25) is 0 Å². The minimum absolute atomic E-state index is 0.00149. The van der Waals surface area contributed by atoms with Crippen molar-refractivity contribution in [1.82, 2.24) is 20.1 Å². The number of benzene rings is 1. The molecule has 0 saturated heterocycles. The van der Waals surface area contributed by atoms with Crippen molar-refractivity contribution in [3.8, 4) is 5.75 Å². The number of hydrogen-bond donors (Lipinski definition) is 1. The second-order valence-corrected chi connectivity index (χ2v) is 5.81. The highest BCUT2D eigenvalue weighted by Gasteiger charge is 2.22. The van der Waals surface area contributed by atoms with Gasteiger partial charge < -0.3 is 14.6 Å². The molecule has 1 N–H and O–H groups in total. The lowest BCUT2D eigenvalue weighted by Gasteiger charge is -2.14. The summed E-state index contributed by atoms with van der Waals surface area (Å²) in [6.07, 6.45) is 3.00. The summed E-state index contributed by atoms with van der Waals surface area (Å²) in [5.74, 6) is 2.39. The molecule has 0 fully saturated rings. The third-order valence-electron chi connectivity index (χ3n) is 4.08. The van der Waals surface area contributed by atoms with Crippen LogP contribution in [0.25, 0.3) is 0 Å². The van der Waals surface area contributed by atoms with Gasteiger partial charge in [0.25, 0.3) is 5.91 Å². The standard InChI is InChI=1S/C17H22N4O2/c1-3-13-6-4-7-14(10-13)23-11-16(22)18-12(2)17-20-19-15-8-5-9-21(15)17/h4,6-7,10,12H,3,5,8-9,11H2,1-2H3,(H,18,22)/t12-/m1/s1. The number of nitrogens with one attached hydrogen (secondary N) is 1. The van der Waals surface area contributed by atoms with Crippen LogP contribution in [0, 0.1) is 0 Å². The molecule has 0 saturated carbocycles. The first-order valence-corrected chi connectivity index (χ1v) is 8.10. The van der Waals surface area contributed by atoms with Crippen LogP contribution in [0.1, 0.15) is 43.5 Å². The van der Waals surface area contributed by atoms with Crippen molar-refractivity contribution < 1.29 is 9.53 Å². The van der Waals surface area contributed by atoms with Gasteiger partial charge in [0.15, 0.2) is 12.4 Å². The van der Waals surface area contributed by atoms with Gasteiger partial charge in [-0.05, 0) is 37.5 Å². The van der Waals surface area contributed by atoms with Gasteiger partial charge >= 0.3 is 0 Å². The van der Waals surface area contributed by atoms with Crippen LogP contribution in [0.5, 0.6) is 5.75 Å². The highest BCUT2D eigenvalue weighted by atomic mass is 16.5. The summed E-state index contributed by atoms with van der Waals surface area (Å²) in [5, 5.41) is 11.3. The van der Waals surface area contributed by atoms with Crippen LogP contribution in [0.15, 0.2) is 24.3 Å². The number of ether oxygens (including phenoxy) is 1. The molecule has 1 aromatic heterocycles. The molecule has 1 aliphatic rings. The molecule has 23 heavy (non-hydrogen) atoms. The van der Waals surface area contributed by atoms with Crippen molar-refractivity contribution in [3.63, 3.8) is 0 Å². The summed E-state index contributed by atoms with van der Waals surface area (Å²) in [5.41, 5.74) is 1.19. The molecule has 1 atom stereocenters. The zero-order valence-corrected chi connectivity index (χ0v) is 13.6. The van der Waals surface area contributed by atoms with Crippen LogP contribution in [0.3, 0.4) is 0 Å². The van der Waals surface area contributed by atoms with Crippen LogP contribution in [0.4, 0.5) is 0 Å². The summed E-state index contributed by atoms with van der Waals surface area (Å²) < 4.78 is 7.66. The average molecular weight is 314 g/mol. The third-order valence-corrected chi connectivity index (χ3v) is 4.08. The summed E-state index contributed by atoms with van der Waals surface area (Å²) >= 11 is 0. The van der Waals surface area contributed by atoms with Gasteiger partial charge in [-0.15, -0.1) is 10.2 Å². The quantitative estimate of drug-likeness (QED) is 0.886. The minimum atomic E-state index is -0.174. The maximum atomic E-state index is 12.1. The Morgan fingerprint density at radius 2 is 2.30 bits per heavy atom. The van der Waals surface area contributed by atoms with E-state index in [-0.39, 0.29) is 18.6 Å². The Balaban J connectivity index is 1.54. The molecule has 122 valence electrons. The predicted molar refractivity (Wildman–Crippen MR) is 86.2 cm³/mol. The molecule has 6 heteroatoms. The lowest BCUT2D eigenvalue weighted by Crippen LogP contribution is -2.32. The van der Waals surface area contributed by atoms with E-state index in [1.165, 1.54) is 5.56 Å². The number of aromatic nitrogens is 3. The fourth-order valence-electron chi connectivity index (χ4n) is 2.85. The van der Waals surface area contributed by atoms with E-state index >= 15 is 0 Å². The second-order valence-electron chi connectivity index (χ2n) is 5.81. The lowest BCUT2D eigenvalue weighted by molar-refractivity contribution is -0.123. The normalized spacial score (nSPS) is 14.3. The molecule has 0 bridgehead atoms. The fourth-order valence-corrected chi connectivity index (χ4v) is 2.85. The number of aryl methyl sites for hydroxylation is 2. The summed E-state index contributed by atoms with van der Waals surface area (Å²) in [7, 11) is 0. The first kappa shape index (κ1) is 15.5. The van der Waals surface area contributed by atoms with E-state index in [2.05, 4.69) is 27.0 Å². The molecule has 0 spiro atoms. The molecule has 1 aromatic carbocycles. The van der Waals surface area contributed by atoms with Gasteiger partial charge in [0, 0.05) is 13.0 Å². The highest BCUT2D eigenvalue weighted by molar-refractivity contribution is 5.77. The van der Waals surface area contributed by atoms with E-state index in [1.807, 2.05) is 31.2 Å². The Labute approximate surface area is 135 Å². The molecule has 3 rings (SSSR count). The largest absolute Gasteiger partial charge is 0.484 e. The summed E-state index contributed by atoms with van der Waals surface area (Å²) in [6.45, 7) is 4.94. The molecule has 6 nitrogen and oxygen atoms in total. The van der Waals surface area contributed by atoms with Crippen molar-refractivity contribution in [1.29, 1.82) is 0 Å². The van der Waals surface area contributed by atoms with Crippen molar-refractivity contribution in [3.05, 3.63) is 41.5 Å². The van der Waals surface area contributed by atoms with Crippen LogP contribution in [0.2, 0.25) is 0 Å². The Kier molecular flexibility index (Phi) is 4.60. The predicted octanol–water partition coefficient (Wildman–Crippen LogP) is 2.04. The molecular weight excluding hydrogens is 292 g/mol. The van der Waals surface area contributed by atoms with E-state index in [9.17, 15) is 4.79 Å². The Bertz CT molecular complexity index is 696. The second kappa shape index (κ2) is 6.81. The molecule has 0 aliphatic carbocycles. The zero-order chi connectivity index (χ0) is 16.2. The van der Waals surface area contributed by atoms with Gasteiger partial charge in [0.05, 0.1) is 6.04 Å². The average Bonchev–Trinajstić information content (AvgIpc) is 3.16. The maximum Gasteiger partial charge on any atom is 0.258 e. The summed E-state index contributed by atoms with van der Waals surface area (Å²) in [6, 6.07) is 7.63. The number of rotatable bonds is 6. The van der Waals surface area contributed by atoms with E-state index < -0.39 is 0 Å². The molecule has 2 heterocycles. The number of carbonyl (C=O) groups excluding carboxylic acids is 1. The van der Waals surface area contributed by atoms with Crippen molar-refractivity contribution >= 4 is 5.91 Å². The van der Waals surface area contributed by atoms with Crippen LogP contribution < -0.4 is 10.1 Å². The zero-order valence-electron chi connectivity index (χ0n) is 13.6. The Morgan fingerprint density at radius 1 is 1.43 bits per heavy atom. The van der Waals surface area contributed by atoms with E-state index in [1.54, 1.807) is 0 Å². The SMILES string of the molecule is CCc1cccc(OCC(=O)N[C@H](C)c2nnc3n2CCC3)c1. The molecule has 2 aromatic rings. The van der Waals surface area contributed by atoms with Gasteiger partial charge in [-0.25, -0.2) is 0 Å². The molecular formula is C17H22N4O2. The molecule has 1 aliphatic heterocycles.